The maximum absolute atomic E-state index is 13.6. The number of hydrogen-bond acceptors (Lipinski definition) is 7. The van der Waals surface area contributed by atoms with Crippen LogP contribution in [-0.4, -0.2) is 45.2 Å². The summed E-state index contributed by atoms with van der Waals surface area (Å²) in [4.78, 5) is 33.6. The molecule has 1 aromatic carbocycles. The lowest BCUT2D eigenvalue weighted by molar-refractivity contribution is -0.151. The van der Waals surface area contributed by atoms with Gasteiger partial charge < -0.3 is 14.2 Å². The van der Waals surface area contributed by atoms with Crippen molar-refractivity contribution in [3.63, 3.8) is 0 Å². The van der Waals surface area contributed by atoms with Gasteiger partial charge >= 0.3 is 5.97 Å². The largest absolute Gasteiger partial charge is 0.454 e. The summed E-state index contributed by atoms with van der Waals surface area (Å²) in [6.07, 6.45) is 19.1. The van der Waals surface area contributed by atoms with Crippen LogP contribution in [0.25, 0.3) is 11.0 Å². The van der Waals surface area contributed by atoms with Crippen LogP contribution in [0, 0.1) is 12.7 Å². The van der Waals surface area contributed by atoms with Crippen LogP contribution in [-0.2, 0) is 22.5 Å². The molecule has 1 fully saturated rings. The molecule has 0 aliphatic carbocycles. The van der Waals surface area contributed by atoms with E-state index in [0.29, 0.717) is 37.2 Å². The van der Waals surface area contributed by atoms with Crippen LogP contribution in [0.5, 0.6) is 0 Å². The minimum absolute atomic E-state index is 0.00499. The van der Waals surface area contributed by atoms with Crippen LogP contribution < -0.4 is 5.56 Å². The molecule has 0 bridgehead atoms. The molecule has 5 rings (SSSR count). The smallest absolute Gasteiger partial charge is 0.306 e. The van der Waals surface area contributed by atoms with Crippen LogP contribution in [0.15, 0.2) is 27.5 Å². The highest BCUT2D eigenvalue weighted by Gasteiger charge is 2.29. The Kier molecular flexibility index (Phi) is 13.4. The van der Waals surface area contributed by atoms with Crippen molar-refractivity contribution in [2.45, 2.75) is 148 Å². The molecular weight excluding hydrogens is 595 g/mol. The Morgan fingerprint density at radius 3 is 2.34 bits per heavy atom. The van der Waals surface area contributed by atoms with E-state index in [1.807, 2.05) is 6.92 Å². The monoisotopic (exact) mass is 650 g/mol. The average Bonchev–Trinajstić information content (AvgIpc) is 3.49. The van der Waals surface area contributed by atoms with Gasteiger partial charge in [0.15, 0.2) is 17.5 Å². The van der Waals surface area contributed by atoms with Crippen LogP contribution in [0.1, 0.15) is 151 Å². The number of halogens is 1. The van der Waals surface area contributed by atoms with E-state index in [1.54, 1.807) is 10.6 Å². The number of carbonyl (C=O) groups is 1. The van der Waals surface area contributed by atoms with Crippen molar-refractivity contribution in [1.82, 2.24) is 19.6 Å². The molecule has 47 heavy (non-hydrogen) atoms. The van der Waals surface area contributed by atoms with Gasteiger partial charge in [0.25, 0.3) is 5.56 Å². The van der Waals surface area contributed by atoms with Gasteiger partial charge in [-0.25, -0.2) is 9.37 Å². The summed E-state index contributed by atoms with van der Waals surface area (Å²) in [6, 6.07) is 4.60. The number of rotatable bonds is 18. The van der Waals surface area contributed by atoms with Crippen LogP contribution in [0.2, 0.25) is 0 Å². The summed E-state index contributed by atoms with van der Waals surface area (Å²) in [5, 5.41) is 5.16. The number of likely N-dealkylation sites (tertiary alicyclic amines) is 1. The Morgan fingerprint density at radius 2 is 1.64 bits per heavy atom. The molecule has 1 saturated heterocycles. The zero-order valence-corrected chi connectivity index (χ0v) is 28.7. The Hall–Kier alpha value is -3.07. The van der Waals surface area contributed by atoms with Crippen molar-refractivity contribution < 1.29 is 18.4 Å². The molecule has 0 spiro atoms. The molecule has 0 amide bonds. The zero-order valence-electron chi connectivity index (χ0n) is 28.7. The molecule has 0 N–H and O–H groups in total. The molecule has 258 valence electrons. The third-order valence-corrected chi connectivity index (χ3v) is 10.3. The van der Waals surface area contributed by atoms with Crippen molar-refractivity contribution in [1.29, 1.82) is 0 Å². The van der Waals surface area contributed by atoms with Gasteiger partial charge in [-0.2, -0.15) is 0 Å². The summed E-state index contributed by atoms with van der Waals surface area (Å²) >= 11 is 0. The van der Waals surface area contributed by atoms with Gasteiger partial charge in [0.05, 0.1) is 5.69 Å². The second kappa shape index (κ2) is 17.9. The summed E-state index contributed by atoms with van der Waals surface area (Å²) < 4.78 is 26.6. The van der Waals surface area contributed by atoms with E-state index in [2.05, 4.69) is 17.0 Å². The lowest BCUT2D eigenvalue weighted by Gasteiger charge is -2.31. The van der Waals surface area contributed by atoms with Crippen molar-refractivity contribution >= 4 is 16.9 Å². The van der Waals surface area contributed by atoms with Gasteiger partial charge in [-0.05, 0) is 70.7 Å². The molecule has 2 aliphatic heterocycles. The standard InChI is InChI=1S/C38H55FN4O4/c1-3-4-5-6-7-8-9-10-11-12-13-14-17-35(44)46-33-16-15-23-43-37(33)40-28(2)31(38(43)45)22-26-42-24-20-29(21-25-42)36-32-19-18-30(39)27-34(32)47-41-36/h18-19,27,29,33H,3-17,20-26H2,1-2H3. The third kappa shape index (κ3) is 9.74. The Balaban J connectivity index is 1.03. The second-order valence-electron chi connectivity index (χ2n) is 13.8. The highest BCUT2D eigenvalue weighted by molar-refractivity contribution is 5.79. The minimum Gasteiger partial charge on any atom is -0.454 e. The number of unbranched alkanes of at least 4 members (excludes halogenated alkanes) is 11. The number of benzene rings is 1. The number of nitrogens with zero attached hydrogens (tertiary/aromatic N) is 4. The number of aryl methyl sites for hydroxylation is 1. The van der Waals surface area contributed by atoms with Gasteiger partial charge in [0, 0.05) is 48.1 Å². The van der Waals surface area contributed by atoms with E-state index in [9.17, 15) is 14.0 Å². The molecule has 2 aliphatic rings. The fourth-order valence-corrected chi connectivity index (χ4v) is 7.40. The van der Waals surface area contributed by atoms with Crippen LogP contribution in [0.3, 0.4) is 0 Å². The Bertz CT molecular complexity index is 1490. The molecule has 1 unspecified atom stereocenters. The number of fused-ring (bicyclic) bond motifs is 2. The summed E-state index contributed by atoms with van der Waals surface area (Å²) in [5.41, 5.74) is 2.91. The second-order valence-corrected chi connectivity index (χ2v) is 13.8. The quantitative estimate of drug-likeness (QED) is 0.100. The van der Waals surface area contributed by atoms with E-state index in [0.717, 1.165) is 74.1 Å². The van der Waals surface area contributed by atoms with Gasteiger partial charge in [-0.1, -0.05) is 82.7 Å². The minimum atomic E-state index is -0.447. The highest BCUT2D eigenvalue weighted by atomic mass is 19.1. The third-order valence-electron chi connectivity index (χ3n) is 10.3. The maximum atomic E-state index is 13.6. The van der Waals surface area contributed by atoms with E-state index in [1.165, 1.54) is 76.3 Å². The molecule has 0 saturated carbocycles. The summed E-state index contributed by atoms with van der Waals surface area (Å²) in [6.45, 7) is 7.36. The first-order valence-electron chi connectivity index (χ1n) is 18.5. The van der Waals surface area contributed by atoms with Crippen molar-refractivity contribution in [2.75, 3.05) is 19.6 Å². The lowest BCUT2D eigenvalue weighted by atomic mass is 9.91. The number of piperidine rings is 1. The fraction of sp³-hybridized carbons (Fsp3) is 0.684. The highest BCUT2D eigenvalue weighted by Crippen LogP contribution is 2.33. The molecule has 8 nitrogen and oxygen atoms in total. The molecule has 9 heteroatoms. The van der Waals surface area contributed by atoms with E-state index < -0.39 is 6.10 Å². The van der Waals surface area contributed by atoms with E-state index in [-0.39, 0.29) is 23.3 Å². The number of aromatic nitrogens is 3. The average molecular weight is 651 g/mol. The molecular formula is C38H55FN4O4. The van der Waals surface area contributed by atoms with Crippen LogP contribution in [0.4, 0.5) is 4.39 Å². The zero-order chi connectivity index (χ0) is 33.0. The van der Waals surface area contributed by atoms with Crippen LogP contribution >= 0.6 is 0 Å². The lowest BCUT2D eigenvalue weighted by Crippen LogP contribution is -2.38. The van der Waals surface area contributed by atoms with Gasteiger partial charge in [0.2, 0.25) is 0 Å². The van der Waals surface area contributed by atoms with Gasteiger partial charge in [-0.15, -0.1) is 0 Å². The number of hydrogen-bond donors (Lipinski definition) is 0. The van der Waals surface area contributed by atoms with Gasteiger partial charge in [-0.3, -0.25) is 14.2 Å². The Labute approximate surface area is 279 Å². The molecule has 1 atom stereocenters. The first kappa shape index (κ1) is 35.2. The molecule has 4 heterocycles. The first-order valence-corrected chi connectivity index (χ1v) is 18.5. The number of esters is 1. The van der Waals surface area contributed by atoms with Gasteiger partial charge in [0.1, 0.15) is 5.82 Å². The molecule has 3 aromatic rings. The van der Waals surface area contributed by atoms with E-state index >= 15 is 0 Å². The predicted octanol–water partition coefficient (Wildman–Crippen LogP) is 8.72. The first-order chi connectivity index (χ1) is 22.9. The molecule has 0 radical (unpaired) electrons. The predicted molar refractivity (Wildman–Crippen MR) is 183 cm³/mol. The number of ether oxygens (including phenoxy) is 1. The topological polar surface area (TPSA) is 90.5 Å². The maximum Gasteiger partial charge on any atom is 0.306 e. The normalized spacial score (nSPS) is 17.3. The summed E-state index contributed by atoms with van der Waals surface area (Å²) in [7, 11) is 0. The Morgan fingerprint density at radius 1 is 0.957 bits per heavy atom. The fourth-order valence-electron chi connectivity index (χ4n) is 7.40. The molecule has 2 aromatic heterocycles. The van der Waals surface area contributed by atoms with E-state index in [4.69, 9.17) is 14.2 Å². The van der Waals surface area contributed by atoms with Crippen molar-refractivity contribution in [2.24, 2.45) is 0 Å². The van der Waals surface area contributed by atoms with Crippen molar-refractivity contribution in [3.8, 4) is 0 Å². The SMILES string of the molecule is CCCCCCCCCCCCCCC(=O)OC1CCCn2c1nc(C)c(CCN1CCC(c3noc4cc(F)ccc34)CC1)c2=O. The number of carbonyl (C=O) groups excluding carboxylic acids is 1. The summed E-state index contributed by atoms with van der Waals surface area (Å²) in [5.74, 6) is 0.376. The van der Waals surface area contributed by atoms with Crippen molar-refractivity contribution in [3.05, 3.63) is 57.1 Å².